The molecule has 0 spiro atoms. The van der Waals surface area contributed by atoms with E-state index in [0.29, 0.717) is 0 Å². The predicted molar refractivity (Wildman–Crippen MR) is 104 cm³/mol. The van der Waals surface area contributed by atoms with E-state index in [4.69, 9.17) is 4.99 Å². The molecule has 0 saturated heterocycles. The first kappa shape index (κ1) is 15.6. The van der Waals surface area contributed by atoms with Crippen LogP contribution >= 0.6 is 0 Å². The first-order chi connectivity index (χ1) is 12.3. The zero-order valence-corrected chi connectivity index (χ0v) is 14.6. The van der Waals surface area contributed by atoms with Gasteiger partial charge in [-0.05, 0) is 23.6 Å². The van der Waals surface area contributed by atoms with E-state index in [1.54, 1.807) is 0 Å². The lowest BCUT2D eigenvalue weighted by atomic mass is 9.94. The highest BCUT2D eigenvalue weighted by molar-refractivity contribution is 6.01. The number of aliphatic imine (C=N–C) groups is 1. The van der Waals surface area contributed by atoms with E-state index < -0.39 is 0 Å². The minimum atomic E-state index is 0.100. The van der Waals surface area contributed by atoms with Crippen LogP contribution in [0, 0.1) is 6.92 Å². The molecule has 1 heterocycles. The highest BCUT2D eigenvalue weighted by atomic mass is 15.3. The average Bonchev–Trinajstić information content (AvgIpc) is 3.01. The van der Waals surface area contributed by atoms with Gasteiger partial charge in [-0.2, -0.15) is 0 Å². The summed E-state index contributed by atoms with van der Waals surface area (Å²) >= 11 is 0. The molecule has 0 aliphatic carbocycles. The monoisotopic (exact) mass is 326 g/mol. The molecule has 124 valence electrons. The molecule has 2 nitrogen and oxygen atoms in total. The minimum Gasteiger partial charge on any atom is -0.350 e. The summed E-state index contributed by atoms with van der Waals surface area (Å²) in [6.45, 7) is 2.15. The van der Waals surface area contributed by atoms with Crippen molar-refractivity contribution in [2.45, 2.75) is 19.0 Å². The number of hydrogen-bond donors (Lipinski definition) is 0. The molecular weight excluding hydrogens is 304 g/mol. The van der Waals surface area contributed by atoms with Crippen LogP contribution in [-0.4, -0.2) is 17.8 Å². The molecular formula is C23H22N2. The van der Waals surface area contributed by atoms with E-state index in [1.807, 2.05) is 0 Å². The van der Waals surface area contributed by atoms with E-state index in [-0.39, 0.29) is 12.1 Å². The minimum absolute atomic E-state index is 0.100. The highest BCUT2D eigenvalue weighted by Crippen LogP contribution is 2.42. The van der Waals surface area contributed by atoms with Crippen molar-refractivity contribution in [3.8, 4) is 0 Å². The third kappa shape index (κ3) is 2.85. The van der Waals surface area contributed by atoms with Crippen molar-refractivity contribution in [1.82, 2.24) is 4.90 Å². The zero-order valence-electron chi connectivity index (χ0n) is 14.6. The van der Waals surface area contributed by atoms with Gasteiger partial charge >= 0.3 is 0 Å². The van der Waals surface area contributed by atoms with E-state index in [0.717, 1.165) is 5.84 Å². The van der Waals surface area contributed by atoms with Crippen LogP contribution in [0.2, 0.25) is 0 Å². The number of hydrogen-bond acceptors (Lipinski definition) is 2. The van der Waals surface area contributed by atoms with E-state index in [1.165, 1.54) is 22.3 Å². The molecule has 25 heavy (non-hydrogen) atoms. The van der Waals surface area contributed by atoms with E-state index in [9.17, 15) is 0 Å². The van der Waals surface area contributed by atoms with Crippen LogP contribution in [0.25, 0.3) is 0 Å². The molecule has 0 unspecified atom stereocenters. The second-order valence-corrected chi connectivity index (χ2v) is 6.59. The zero-order chi connectivity index (χ0) is 17.2. The Kier molecular flexibility index (Phi) is 4.10. The van der Waals surface area contributed by atoms with Crippen molar-refractivity contribution >= 4 is 5.84 Å². The van der Waals surface area contributed by atoms with Crippen molar-refractivity contribution in [2.75, 3.05) is 7.05 Å². The van der Waals surface area contributed by atoms with E-state index in [2.05, 4.69) is 104 Å². The Morgan fingerprint density at radius 1 is 0.720 bits per heavy atom. The van der Waals surface area contributed by atoms with Crippen LogP contribution in [0.5, 0.6) is 0 Å². The van der Waals surface area contributed by atoms with Gasteiger partial charge in [0.2, 0.25) is 0 Å². The van der Waals surface area contributed by atoms with Crippen molar-refractivity contribution in [1.29, 1.82) is 0 Å². The van der Waals surface area contributed by atoms with Gasteiger partial charge in [-0.15, -0.1) is 0 Å². The highest BCUT2D eigenvalue weighted by Gasteiger charge is 2.36. The summed E-state index contributed by atoms with van der Waals surface area (Å²) < 4.78 is 0. The normalized spacial score (nSPS) is 19.8. The maximum atomic E-state index is 5.17. The quantitative estimate of drug-likeness (QED) is 0.648. The fourth-order valence-corrected chi connectivity index (χ4v) is 3.68. The third-order valence-corrected chi connectivity index (χ3v) is 4.98. The third-order valence-electron chi connectivity index (χ3n) is 4.98. The molecule has 4 rings (SSSR count). The van der Waals surface area contributed by atoms with Gasteiger partial charge in [-0.25, -0.2) is 0 Å². The molecule has 0 bridgehead atoms. The summed E-state index contributed by atoms with van der Waals surface area (Å²) in [5.41, 5.74) is 5.02. The molecule has 3 aromatic carbocycles. The number of aryl methyl sites for hydroxylation is 1. The molecule has 3 aromatic rings. The van der Waals surface area contributed by atoms with Crippen LogP contribution in [0.3, 0.4) is 0 Å². The first-order valence-electron chi connectivity index (χ1n) is 8.72. The average molecular weight is 326 g/mol. The number of likely N-dealkylation sites (N-methyl/N-ethyl adjacent to an activating group) is 1. The second kappa shape index (κ2) is 6.56. The number of nitrogens with zero attached hydrogens (tertiary/aromatic N) is 2. The lowest BCUT2D eigenvalue weighted by molar-refractivity contribution is 0.364. The molecule has 0 radical (unpaired) electrons. The summed E-state index contributed by atoms with van der Waals surface area (Å²) in [6, 6.07) is 30.1. The molecule has 2 heteroatoms. The van der Waals surface area contributed by atoms with Crippen molar-refractivity contribution in [3.63, 3.8) is 0 Å². The van der Waals surface area contributed by atoms with Gasteiger partial charge in [0.05, 0.1) is 6.04 Å². The van der Waals surface area contributed by atoms with Gasteiger partial charge < -0.3 is 4.90 Å². The molecule has 0 aromatic heterocycles. The van der Waals surface area contributed by atoms with Gasteiger partial charge in [0, 0.05) is 12.6 Å². The summed E-state index contributed by atoms with van der Waals surface area (Å²) in [5, 5.41) is 0. The summed E-state index contributed by atoms with van der Waals surface area (Å²) in [7, 11) is 2.16. The Morgan fingerprint density at radius 3 is 1.92 bits per heavy atom. The lowest BCUT2D eigenvalue weighted by Crippen LogP contribution is -2.28. The Hall–Kier alpha value is -2.87. The van der Waals surface area contributed by atoms with Gasteiger partial charge in [0.15, 0.2) is 0 Å². The van der Waals surface area contributed by atoms with Crippen LogP contribution in [-0.2, 0) is 0 Å². The van der Waals surface area contributed by atoms with Gasteiger partial charge in [0.1, 0.15) is 11.9 Å². The molecule has 0 N–H and O–H groups in total. The number of rotatable bonds is 3. The number of benzene rings is 3. The van der Waals surface area contributed by atoms with Crippen molar-refractivity contribution in [2.24, 2.45) is 4.99 Å². The largest absolute Gasteiger partial charge is 0.350 e. The van der Waals surface area contributed by atoms with Crippen LogP contribution in [0.4, 0.5) is 0 Å². The van der Waals surface area contributed by atoms with Crippen LogP contribution in [0.15, 0.2) is 89.9 Å². The van der Waals surface area contributed by atoms with E-state index >= 15 is 0 Å². The Labute approximate surface area is 149 Å². The maximum absolute atomic E-state index is 5.17. The molecule has 0 amide bonds. The van der Waals surface area contributed by atoms with Gasteiger partial charge in [-0.1, -0.05) is 84.9 Å². The molecule has 2 atom stereocenters. The maximum Gasteiger partial charge on any atom is 0.132 e. The summed E-state index contributed by atoms with van der Waals surface area (Å²) in [6.07, 6.45) is 0. The molecule has 0 saturated carbocycles. The van der Waals surface area contributed by atoms with Crippen LogP contribution < -0.4 is 0 Å². The Balaban J connectivity index is 1.83. The topological polar surface area (TPSA) is 15.6 Å². The Morgan fingerprint density at radius 2 is 1.28 bits per heavy atom. The van der Waals surface area contributed by atoms with Gasteiger partial charge in [0.25, 0.3) is 0 Å². The summed E-state index contributed by atoms with van der Waals surface area (Å²) in [4.78, 5) is 7.50. The fraction of sp³-hybridized carbons (Fsp3) is 0.174. The number of amidine groups is 1. The SMILES string of the molecule is Cc1ccccc1C1=N[C@H](c2ccccc2)[C@@H](c2ccccc2)N1C. The standard InChI is InChI=1S/C23H22N2/c1-17-11-9-10-16-20(17)23-24-21(18-12-5-3-6-13-18)22(25(23)2)19-14-7-4-8-15-19/h3-16,21-22H,1-2H3/t21-,22-/m1/s1. The summed E-state index contributed by atoms with van der Waals surface area (Å²) in [5.74, 6) is 1.07. The molecule has 1 aliphatic heterocycles. The molecule has 1 aliphatic rings. The molecule has 0 fully saturated rings. The fourth-order valence-electron chi connectivity index (χ4n) is 3.68. The second-order valence-electron chi connectivity index (χ2n) is 6.59. The van der Waals surface area contributed by atoms with Gasteiger partial charge in [-0.3, -0.25) is 4.99 Å². The van der Waals surface area contributed by atoms with Crippen molar-refractivity contribution in [3.05, 3.63) is 107 Å². The predicted octanol–water partition coefficient (Wildman–Crippen LogP) is 5.17. The van der Waals surface area contributed by atoms with Crippen molar-refractivity contribution < 1.29 is 0 Å². The lowest BCUT2D eigenvalue weighted by Gasteiger charge is -2.28. The Bertz CT molecular complexity index is 884. The smallest absolute Gasteiger partial charge is 0.132 e. The first-order valence-corrected chi connectivity index (χ1v) is 8.72. The van der Waals surface area contributed by atoms with Crippen LogP contribution in [0.1, 0.15) is 34.3 Å².